The molecule has 0 saturated carbocycles. The van der Waals surface area contributed by atoms with E-state index >= 15 is 0 Å². The van der Waals surface area contributed by atoms with Crippen LogP contribution in [0.15, 0.2) is 53.6 Å². The molecule has 0 aliphatic rings. The number of hydrogen-bond acceptors (Lipinski definition) is 6. The van der Waals surface area contributed by atoms with Crippen LogP contribution >= 0.6 is 45.8 Å². The first-order chi connectivity index (χ1) is 18.4. The summed E-state index contributed by atoms with van der Waals surface area (Å²) < 4.78 is 24.0. The normalized spacial score (nSPS) is 10.9. The molecule has 0 heterocycles. The van der Waals surface area contributed by atoms with E-state index < -0.39 is 0 Å². The molecule has 3 aromatic carbocycles. The predicted octanol–water partition coefficient (Wildman–Crippen LogP) is 7.53. The van der Waals surface area contributed by atoms with Gasteiger partial charge in [0.15, 0.2) is 23.0 Å². The minimum atomic E-state index is -0.372. The number of hydrazone groups is 1. The number of rotatable bonds is 13. The van der Waals surface area contributed by atoms with Gasteiger partial charge in [0.1, 0.15) is 6.61 Å². The van der Waals surface area contributed by atoms with Gasteiger partial charge in [0.25, 0.3) is 5.91 Å². The standard InChI is InChI=1S/C28H29Cl2IN2O5/c1-4-11-37-24-10-8-19(14-25(24)35-5-2)28(34)33-32-16-18-12-23(31)27(26(13-18)36-6-3)38-17-20-7-9-21(29)15-22(20)30/h7-10,12-16H,4-6,11,17H2,1-3H3,(H,33,34)/b32-16+. The highest BCUT2D eigenvalue weighted by molar-refractivity contribution is 14.1. The fraction of sp³-hybridized carbons (Fsp3) is 0.286. The molecule has 3 aromatic rings. The van der Waals surface area contributed by atoms with Crippen LogP contribution in [0.25, 0.3) is 0 Å². The highest BCUT2D eigenvalue weighted by Crippen LogP contribution is 2.35. The van der Waals surface area contributed by atoms with Crippen molar-refractivity contribution in [3.05, 3.63) is 78.8 Å². The SMILES string of the molecule is CCCOc1ccc(C(=O)N/N=C/c2cc(I)c(OCc3ccc(Cl)cc3Cl)c(OCC)c2)cc1OCC. The van der Waals surface area contributed by atoms with Crippen molar-refractivity contribution in [2.75, 3.05) is 19.8 Å². The number of carbonyl (C=O) groups excluding carboxylic acids is 1. The Morgan fingerprint density at radius 2 is 1.68 bits per heavy atom. The van der Waals surface area contributed by atoms with E-state index in [4.69, 9.17) is 42.1 Å². The summed E-state index contributed by atoms with van der Waals surface area (Å²) in [4.78, 5) is 12.7. The van der Waals surface area contributed by atoms with Gasteiger partial charge >= 0.3 is 0 Å². The summed E-state index contributed by atoms with van der Waals surface area (Å²) >= 11 is 14.4. The Morgan fingerprint density at radius 1 is 0.921 bits per heavy atom. The molecule has 3 rings (SSSR count). The van der Waals surface area contributed by atoms with Gasteiger partial charge in [0.05, 0.1) is 29.6 Å². The lowest BCUT2D eigenvalue weighted by molar-refractivity contribution is 0.0954. The molecular weight excluding hydrogens is 642 g/mol. The lowest BCUT2D eigenvalue weighted by Gasteiger charge is -2.15. The zero-order valence-corrected chi connectivity index (χ0v) is 25.0. The molecule has 0 aliphatic carbocycles. The molecule has 7 nitrogen and oxygen atoms in total. The zero-order chi connectivity index (χ0) is 27.5. The van der Waals surface area contributed by atoms with Gasteiger partial charge < -0.3 is 18.9 Å². The number of halogens is 3. The molecule has 38 heavy (non-hydrogen) atoms. The number of nitrogens with one attached hydrogen (secondary N) is 1. The maximum Gasteiger partial charge on any atom is 0.271 e. The van der Waals surface area contributed by atoms with Crippen LogP contribution in [-0.2, 0) is 6.61 Å². The minimum Gasteiger partial charge on any atom is -0.490 e. The molecule has 10 heteroatoms. The van der Waals surface area contributed by atoms with Crippen LogP contribution in [0.1, 0.15) is 48.7 Å². The van der Waals surface area contributed by atoms with E-state index in [0.717, 1.165) is 21.1 Å². The summed E-state index contributed by atoms with van der Waals surface area (Å²) in [6.45, 7) is 7.52. The van der Waals surface area contributed by atoms with Crippen molar-refractivity contribution in [2.45, 2.75) is 33.8 Å². The van der Waals surface area contributed by atoms with E-state index in [1.807, 2.05) is 32.9 Å². The Bertz CT molecular complexity index is 1290. The Balaban J connectivity index is 1.72. The summed E-state index contributed by atoms with van der Waals surface area (Å²) in [6, 6.07) is 14.0. The highest BCUT2D eigenvalue weighted by Gasteiger charge is 2.14. The molecule has 0 aliphatic heterocycles. The highest BCUT2D eigenvalue weighted by atomic mass is 127. The van der Waals surface area contributed by atoms with Crippen molar-refractivity contribution >= 4 is 57.9 Å². The molecule has 1 amide bonds. The monoisotopic (exact) mass is 670 g/mol. The second-order valence-corrected chi connectivity index (χ2v) is 9.94. The molecule has 0 fully saturated rings. The average Bonchev–Trinajstić information content (AvgIpc) is 2.88. The molecule has 0 atom stereocenters. The topological polar surface area (TPSA) is 78.4 Å². The van der Waals surface area contributed by atoms with Gasteiger partial charge in [-0.15, -0.1) is 0 Å². The fourth-order valence-corrected chi connectivity index (χ4v) is 4.58. The summed E-state index contributed by atoms with van der Waals surface area (Å²) in [6.07, 6.45) is 2.42. The van der Waals surface area contributed by atoms with Crippen LogP contribution in [0.3, 0.4) is 0 Å². The van der Waals surface area contributed by atoms with Crippen LogP contribution in [0.5, 0.6) is 23.0 Å². The molecule has 0 bridgehead atoms. The van der Waals surface area contributed by atoms with E-state index in [1.54, 1.807) is 42.6 Å². The molecule has 0 spiro atoms. The second-order valence-electron chi connectivity index (χ2n) is 7.93. The van der Waals surface area contributed by atoms with Crippen molar-refractivity contribution in [2.24, 2.45) is 5.10 Å². The van der Waals surface area contributed by atoms with Crippen LogP contribution in [0.4, 0.5) is 0 Å². The van der Waals surface area contributed by atoms with Crippen LogP contribution in [0, 0.1) is 3.57 Å². The quantitative estimate of drug-likeness (QED) is 0.116. The maximum atomic E-state index is 12.7. The minimum absolute atomic E-state index is 0.252. The lowest BCUT2D eigenvalue weighted by Crippen LogP contribution is -2.18. The van der Waals surface area contributed by atoms with Crippen LogP contribution < -0.4 is 24.4 Å². The number of benzene rings is 3. The number of carbonyl (C=O) groups is 1. The Hall–Kier alpha value is -2.69. The molecule has 0 saturated heterocycles. The third-order valence-electron chi connectivity index (χ3n) is 5.07. The molecule has 0 aromatic heterocycles. The van der Waals surface area contributed by atoms with Crippen molar-refractivity contribution in [3.8, 4) is 23.0 Å². The van der Waals surface area contributed by atoms with E-state index in [9.17, 15) is 4.79 Å². The van der Waals surface area contributed by atoms with E-state index in [1.165, 1.54) is 0 Å². The van der Waals surface area contributed by atoms with Crippen molar-refractivity contribution in [1.82, 2.24) is 5.43 Å². The Morgan fingerprint density at radius 3 is 2.39 bits per heavy atom. The molecule has 0 unspecified atom stereocenters. The van der Waals surface area contributed by atoms with Gasteiger partial charge in [0.2, 0.25) is 0 Å². The molecular formula is C28H29Cl2IN2O5. The average molecular weight is 671 g/mol. The molecule has 1 N–H and O–H groups in total. The van der Waals surface area contributed by atoms with Gasteiger partial charge in [-0.2, -0.15) is 5.10 Å². The van der Waals surface area contributed by atoms with E-state index in [2.05, 4.69) is 33.1 Å². The molecule has 202 valence electrons. The first kappa shape index (κ1) is 29.9. The molecule has 0 radical (unpaired) electrons. The van der Waals surface area contributed by atoms with Gasteiger partial charge in [-0.25, -0.2) is 5.43 Å². The fourth-order valence-electron chi connectivity index (χ4n) is 3.33. The second kappa shape index (κ2) is 15.0. The van der Waals surface area contributed by atoms with Crippen LogP contribution in [-0.4, -0.2) is 31.9 Å². The predicted molar refractivity (Wildman–Crippen MR) is 160 cm³/mol. The maximum absolute atomic E-state index is 12.7. The summed E-state index contributed by atoms with van der Waals surface area (Å²) in [5.74, 6) is 1.90. The number of amides is 1. The van der Waals surface area contributed by atoms with Gasteiger partial charge in [-0.3, -0.25) is 4.79 Å². The van der Waals surface area contributed by atoms with E-state index in [0.29, 0.717) is 58.4 Å². The third-order valence-corrected chi connectivity index (χ3v) is 6.45. The van der Waals surface area contributed by atoms with Crippen LogP contribution in [0.2, 0.25) is 10.0 Å². The Labute approximate surface area is 246 Å². The largest absolute Gasteiger partial charge is 0.490 e. The summed E-state index contributed by atoms with van der Waals surface area (Å²) in [7, 11) is 0. The van der Waals surface area contributed by atoms with Crippen molar-refractivity contribution in [1.29, 1.82) is 0 Å². The smallest absolute Gasteiger partial charge is 0.271 e. The summed E-state index contributed by atoms with van der Waals surface area (Å²) in [5, 5.41) is 5.22. The Kier molecular flexibility index (Phi) is 11.8. The number of hydrogen-bond donors (Lipinski definition) is 1. The number of ether oxygens (including phenoxy) is 4. The lowest BCUT2D eigenvalue weighted by atomic mass is 10.2. The third kappa shape index (κ3) is 8.41. The van der Waals surface area contributed by atoms with Crippen molar-refractivity contribution in [3.63, 3.8) is 0 Å². The van der Waals surface area contributed by atoms with Gasteiger partial charge in [-0.05, 0) is 90.9 Å². The van der Waals surface area contributed by atoms with Gasteiger partial charge in [0, 0.05) is 21.2 Å². The van der Waals surface area contributed by atoms with Gasteiger partial charge in [-0.1, -0.05) is 36.2 Å². The zero-order valence-electron chi connectivity index (χ0n) is 21.4. The van der Waals surface area contributed by atoms with Crippen molar-refractivity contribution < 1.29 is 23.7 Å². The first-order valence-corrected chi connectivity index (χ1v) is 14.0. The first-order valence-electron chi connectivity index (χ1n) is 12.1. The van der Waals surface area contributed by atoms with E-state index in [-0.39, 0.29) is 12.5 Å². The number of nitrogens with zero attached hydrogens (tertiary/aromatic N) is 1. The summed E-state index contributed by atoms with van der Waals surface area (Å²) in [5.41, 5.74) is 4.50.